The maximum Gasteiger partial charge on any atom is 0.254 e. The van der Waals surface area contributed by atoms with Crippen molar-refractivity contribution in [2.75, 3.05) is 27.4 Å². The SMILES string of the molecule is CCOc1ccc(C(=O)N2CCCC2c2ccc(OC)cc2)cc1OC. The van der Waals surface area contributed by atoms with Crippen molar-refractivity contribution in [3.8, 4) is 17.2 Å². The molecule has 1 atom stereocenters. The third kappa shape index (κ3) is 3.62. The molecule has 5 nitrogen and oxygen atoms in total. The Morgan fingerprint density at radius 3 is 2.50 bits per heavy atom. The van der Waals surface area contributed by atoms with E-state index in [1.807, 2.05) is 36.1 Å². The summed E-state index contributed by atoms with van der Waals surface area (Å²) in [4.78, 5) is 15.0. The van der Waals surface area contributed by atoms with Crippen LogP contribution in [-0.4, -0.2) is 38.2 Å². The molecule has 3 rings (SSSR count). The van der Waals surface area contributed by atoms with Crippen molar-refractivity contribution in [3.63, 3.8) is 0 Å². The number of likely N-dealkylation sites (tertiary alicyclic amines) is 1. The van der Waals surface area contributed by atoms with Crippen LogP contribution in [0, 0.1) is 0 Å². The first-order valence-corrected chi connectivity index (χ1v) is 8.93. The fourth-order valence-corrected chi connectivity index (χ4v) is 3.42. The summed E-state index contributed by atoms with van der Waals surface area (Å²) in [6, 6.07) is 13.4. The second kappa shape index (κ2) is 8.13. The Morgan fingerprint density at radius 2 is 1.85 bits per heavy atom. The average molecular weight is 355 g/mol. The van der Waals surface area contributed by atoms with E-state index < -0.39 is 0 Å². The zero-order valence-corrected chi connectivity index (χ0v) is 15.5. The summed E-state index contributed by atoms with van der Waals surface area (Å²) in [5, 5.41) is 0. The summed E-state index contributed by atoms with van der Waals surface area (Å²) >= 11 is 0. The topological polar surface area (TPSA) is 48.0 Å². The summed E-state index contributed by atoms with van der Waals surface area (Å²) in [5.41, 5.74) is 1.75. The lowest BCUT2D eigenvalue weighted by atomic mass is 10.0. The third-order valence-corrected chi connectivity index (χ3v) is 4.72. The van der Waals surface area contributed by atoms with Gasteiger partial charge in [0.25, 0.3) is 5.91 Å². The normalized spacial score (nSPS) is 16.4. The minimum Gasteiger partial charge on any atom is -0.497 e. The van der Waals surface area contributed by atoms with E-state index >= 15 is 0 Å². The molecule has 26 heavy (non-hydrogen) atoms. The molecule has 2 aromatic carbocycles. The van der Waals surface area contributed by atoms with Crippen LogP contribution >= 0.6 is 0 Å². The molecule has 1 unspecified atom stereocenters. The molecule has 0 radical (unpaired) electrons. The highest BCUT2D eigenvalue weighted by molar-refractivity contribution is 5.95. The van der Waals surface area contributed by atoms with Crippen molar-refractivity contribution in [2.45, 2.75) is 25.8 Å². The van der Waals surface area contributed by atoms with Crippen LogP contribution in [0.25, 0.3) is 0 Å². The van der Waals surface area contributed by atoms with Gasteiger partial charge in [0.2, 0.25) is 0 Å². The molecule has 1 aliphatic heterocycles. The molecule has 0 aromatic heterocycles. The molecule has 1 saturated heterocycles. The Hall–Kier alpha value is -2.69. The largest absolute Gasteiger partial charge is 0.497 e. The number of nitrogens with zero attached hydrogens (tertiary/aromatic N) is 1. The van der Waals surface area contributed by atoms with Gasteiger partial charge in [-0.3, -0.25) is 4.79 Å². The molecule has 0 aliphatic carbocycles. The maximum absolute atomic E-state index is 13.1. The van der Waals surface area contributed by atoms with Crippen molar-refractivity contribution in [3.05, 3.63) is 53.6 Å². The third-order valence-electron chi connectivity index (χ3n) is 4.72. The maximum atomic E-state index is 13.1. The van der Waals surface area contributed by atoms with Gasteiger partial charge in [-0.1, -0.05) is 12.1 Å². The van der Waals surface area contributed by atoms with E-state index in [2.05, 4.69) is 0 Å². The minimum absolute atomic E-state index is 0.0182. The van der Waals surface area contributed by atoms with Gasteiger partial charge < -0.3 is 19.1 Å². The monoisotopic (exact) mass is 355 g/mol. The molecule has 0 spiro atoms. The predicted molar refractivity (Wildman–Crippen MR) is 100 cm³/mol. The lowest BCUT2D eigenvalue weighted by Gasteiger charge is -2.25. The molecule has 2 aromatic rings. The molecule has 0 N–H and O–H groups in total. The Bertz CT molecular complexity index is 757. The van der Waals surface area contributed by atoms with Gasteiger partial charge in [0, 0.05) is 12.1 Å². The number of amides is 1. The molecule has 5 heteroatoms. The van der Waals surface area contributed by atoms with Crippen LogP contribution in [0.5, 0.6) is 17.2 Å². The highest BCUT2D eigenvalue weighted by atomic mass is 16.5. The molecule has 0 saturated carbocycles. The first-order valence-electron chi connectivity index (χ1n) is 8.93. The van der Waals surface area contributed by atoms with Crippen molar-refractivity contribution in [2.24, 2.45) is 0 Å². The summed E-state index contributed by atoms with van der Waals surface area (Å²) in [6.45, 7) is 3.22. The average Bonchev–Trinajstić information content (AvgIpc) is 3.17. The van der Waals surface area contributed by atoms with Crippen LogP contribution in [0.3, 0.4) is 0 Å². The molecule has 0 bridgehead atoms. The highest BCUT2D eigenvalue weighted by Crippen LogP contribution is 2.35. The van der Waals surface area contributed by atoms with Crippen LogP contribution < -0.4 is 14.2 Å². The Kier molecular flexibility index (Phi) is 5.66. The van der Waals surface area contributed by atoms with E-state index in [-0.39, 0.29) is 11.9 Å². The number of hydrogen-bond donors (Lipinski definition) is 0. The van der Waals surface area contributed by atoms with Crippen LogP contribution in [0.4, 0.5) is 0 Å². The number of carbonyl (C=O) groups excluding carboxylic acids is 1. The van der Waals surface area contributed by atoms with E-state index in [0.717, 1.165) is 30.7 Å². The Labute approximate surface area is 154 Å². The van der Waals surface area contributed by atoms with E-state index in [0.29, 0.717) is 23.7 Å². The number of benzene rings is 2. The molecule has 1 amide bonds. The highest BCUT2D eigenvalue weighted by Gasteiger charge is 2.31. The molecular weight excluding hydrogens is 330 g/mol. The minimum atomic E-state index is 0.0182. The summed E-state index contributed by atoms with van der Waals surface area (Å²) in [5.74, 6) is 2.07. The Morgan fingerprint density at radius 1 is 1.08 bits per heavy atom. The van der Waals surface area contributed by atoms with Gasteiger partial charge in [0.15, 0.2) is 11.5 Å². The predicted octanol–water partition coefficient (Wildman–Crippen LogP) is 4.08. The van der Waals surface area contributed by atoms with Gasteiger partial charge >= 0.3 is 0 Å². The number of ether oxygens (including phenoxy) is 3. The molecular formula is C21H25NO4. The number of carbonyl (C=O) groups is 1. The molecule has 1 aliphatic rings. The van der Waals surface area contributed by atoms with Crippen LogP contribution in [0.1, 0.15) is 41.7 Å². The number of methoxy groups -OCH3 is 2. The van der Waals surface area contributed by atoms with E-state index in [4.69, 9.17) is 14.2 Å². The van der Waals surface area contributed by atoms with Gasteiger partial charge in [-0.25, -0.2) is 0 Å². The van der Waals surface area contributed by atoms with Crippen LogP contribution in [0.2, 0.25) is 0 Å². The lowest BCUT2D eigenvalue weighted by molar-refractivity contribution is 0.0735. The van der Waals surface area contributed by atoms with Gasteiger partial charge in [-0.05, 0) is 55.7 Å². The molecule has 1 fully saturated rings. The second-order valence-electron chi connectivity index (χ2n) is 6.23. The first kappa shape index (κ1) is 18.1. The van der Waals surface area contributed by atoms with E-state index in [9.17, 15) is 4.79 Å². The van der Waals surface area contributed by atoms with E-state index in [1.54, 1.807) is 32.4 Å². The number of rotatable bonds is 6. The van der Waals surface area contributed by atoms with Gasteiger partial charge in [-0.15, -0.1) is 0 Å². The summed E-state index contributed by atoms with van der Waals surface area (Å²) in [6.07, 6.45) is 1.96. The first-order chi connectivity index (χ1) is 12.7. The van der Waals surface area contributed by atoms with Crippen molar-refractivity contribution >= 4 is 5.91 Å². The van der Waals surface area contributed by atoms with Crippen molar-refractivity contribution in [1.29, 1.82) is 0 Å². The van der Waals surface area contributed by atoms with Gasteiger partial charge in [0.1, 0.15) is 5.75 Å². The molecule has 138 valence electrons. The van der Waals surface area contributed by atoms with Crippen molar-refractivity contribution < 1.29 is 19.0 Å². The fraction of sp³-hybridized carbons (Fsp3) is 0.381. The Balaban J connectivity index is 1.83. The van der Waals surface area contributed by atoms with Gasteiger partial charge in [-0.2, -0.15) is 0 Å². The van der Waals surface area contributed by atoms with E-state index in [1.165, 1.54) is 0 Å². The fourth-order valence-electron chi connectivity index (χ4n) is 3.42. The second-order valence-corrected chi connectivity index (χ2v) is 6.23. The zero-order chi connectivity index (χ0) is 18.5. The zero-order valence-electron chi connectivity index (χ0n) is 15.5. The van der Waals surface area contributed by atoms with Gasteiger partial charge in [0.05, 0.1) is 26.9 Å². The smallest absolute Gasteiger partial charge is 0.254 e. The van der Waals surface area contributed by atoms with Crippen LogP contribution in [-0.2, 0) is 0 Å². The quantitative estimate of drug-likeness (QED) is 0.783. The van der Waals surface area contributed by atoms with Crippen LogP contribution in [0.15, 0.2) is 42.5 Å². The summed E-state index contributed by atoms with van der Waals surface area (Å²) in [7, 11) is 3.24. The van der Waals surface area contributed by atoms with Crippen molar-refractivity contribution in [1.82, 2.24) is 4.90 Å². The summed E-state index contributed by atoms with van der Waals surface area (Å²) < 4.78 is 16.1. The lowest BCUT2D eigenvalue weighted by Crippen LogP contribution is -2.30. The number of hydrogen-bond acceptors (Lipinski definition) is 4. The molecule has 1 heterocycles. The standard InChI is InChI=1S/C21H25NO4/c1-4-26-19-12-9-16(14-20(19)25-3)21(23)22-13-5-6-18(22)15-7-10-17(24-2)11-8-15/h7-12,14,18H,4-6,13H2,1-3H3.